The lowest BCUT2D eigenvalue weighted by Gasteiger charge is -2.42. The van der Waals surface area contributed by atoms with Gasteiger partial charge in [0.2, 0.25) is 0 Å². The summed E-state index contributed by atoms with van der Waals surface area (Å²) in [7, 11) is 0. The van der Waals surface area contributed by atoms with Crippen molar-refractivity contribution in [2.45, 2.75) is 69.4 Å². The molecule has 0 aromatic heterocycles. The van der Waals surface area contributed by atoms with Crippen molar-refractivity contribution in [1.29, 1.82) is 0 Å². The van der Waals surface area contributed by atoms with Crippen LogP contribution in [0.15, 0.2) is 24.3 Å². The van der Waals surface area contributed by atoms with Crippen LogP contribution in [0.3, 0.4) is 0 Å². The summed E-state index contributed by atoms with van der Waals surface area (Å²) in [6.45, 7) is 2.80. The van der Waals surface area contributed by atoms with E-state index in [1.807, 2.05) is 0 Å². The number of hydrogen-bond acceptors (Lipinski definition) is 10. The van der Waals surface area contributed by atoms with Crippen molar-refractivity contribution in [3.8, 4) is 11.5 Å². The summed E-state index contributed by atoms with van der Waals surface area (Å²) in [4.78, 5) is 39.0. The van der Waals surface area contributed by atoms with Crippen molar-refractivity contribution in [1.82, 2.24) is 0 Å². The molecule has 2 aliphatic carbocycles. The number of benzene rings is 2. The van der Waals surface area contributed by atoms with Crippen molar-refractivity contribution < 1.29 is 44.3 Å². The van der Waals surface area contributed by atoms with Crippen molar-refractivity contribution >= 4 is 17.3 Å². The molecule has 1 saturated heterocycles. The average molecular weight is 498 g/mol. The van der Waals surface area contributed by atoms with Gasteiger partial charge in [-0.05, 0) is 13.8 Å². The summed E-state index contributed by atoms with van der Waals surface area (Å²) >= 11 is 0. The van der Waals surface area contributed by atoms with Crippen molar-refractivity contribution in [3.63, 3.8) is 0 Å². The van der Waals surface area contributed by atoms with Gasteiger partial charge in [0, 0.05) is 47.6 Å². The number of carbonyl (C=O) groups excluding carboxylic acids is 3. The van der Waals surface area contributed by atoms with Gasteiger partial charge in [-0.15, -0.1) is 0 Å². The molecule has 2 aromatic rings. The number of nitrogens with two attached hydrogens (primary N) is 1. The molecule has 0 saturated carbocycles. The van der Waals surface area contributed by atoms with Gasteiger partial charge in [0.1, 0.15) is 17.1 Å². The van der Waals surface area contributed by atoms with E-state index in [-0.39, 0.29) is 46.2 Å². The molecule has 3 aliphatic rings. The average Bonchev–Trinajstić information content (AvgIpc) is 2.82. The minimum absolute atomic E-state index is 0.00588. The molecule has 0 spiro atoms. The zero-order valence-electron chi connectivity index (χ0n) is 19.7. The normalized spacial score (nSPS) is 31.4. The smallest absolute Gasteiger partial charge is 0.198 e. The molecule has 1 fully saturated rings. The molecular weight excluding hydrogens is 470 g/mol. The first-order chi connectivity index (χ1) is 16.9. The first-order valence-corrected chi connectivity index (χ1v) is 11.7. The number of rotatable bonds is 3. The largest absolute Gasteiger partial charge is 0.507 e. The Morgan fingerprint density at radius 3 is 2.25 bits per heavy atom. The van der Waals surface area contributed by atoms with E-state index >= 15 is 0 Å². The fourth-order valence-corrected chi connectivity index (χ4v) is 5.42. The Morgan fingerprint density at radius 1 is 1.11 bits per heavy atom. The number of phenols is 2. The molecule has 1 unspecified atom stereocenters. The SMILES string of the molecule is CC(=O)C1(O)Cc2c(O)c3c(c(O)c2[C@@H](O[C@H]2C[C@H](N)[C@@H](O)[C@@H](C)O2)C1)C(=O)c1ccccc1C3=O. The monoisotopic (exact) mass is 497 g/mol. The highest BCUT2D eigenvalue weighted by molar-refractivity contribution is 6.30. The Kier molecular flexibility index (Phi) is 5.77. The van der Waals surface area contributed by atoms with Crippen LogP contribution in [0.2, 0.25) is 0 Å². The second-order valence-electron chi connectivity index (χ2n) is 9.80. The van der Waals surface area contributed by atoms with Crippen molar-refractivity contribution in [2.75, 3.05) is 0 Å². The van der Waals surface area contributed by atoms with Gasteiger partial charge in [-0.2, -0.15) is 0 Å². The lowest BCUT2D eigenvalue weighted by atomic mass is 9.72. The number of fused-ring (bicyclic) bond motifs is 3. The maximum atomic E-state index is 13.3. The molecule has 5 rings (SSSR count). The number of phenolic OH excluding ortho intramolecular Hbond substituents is 2. The molecule has 10 heteroatoms. The standard InChI is InChI=1S/C26H27NO9/c1-10-21(29)15(27)7-17(35-10)36-16-9-26(34,11(2)28)8-14-18(16)25(33)20-19(24(14)32)22(30)12-5-3-4-6-13(12)23(20)31/h3-6,10,15-17,21,29,32-34H,7-9,27H2,1-2H3/t10-,15+,16+,17+,21+,26?/m1/s1. The number of hydrogen-bond donors (Lipinski definition) is 5. The van der Waals surface area contributed by atoms with E-state index in [1.165, 1.54) is 19.1 Å². The van der Waals surface area contributed by atoms with E-state index in [9.17, 15) is 34.8 Å². The second-order valence-corrected chi connectivity index (χ2v) is 9.80. The van der Waals surface area contributed by atoms with E-state index < -0.39 is 71.5 Å². The van der Waals surface area contributed by atoms with Crippen LogP contribution in [0.5, 0.6) is 11.5 Å². The van der Waals surface area contributed by atoms with Crippen LogP contribution in [-0.4, -0.2) is 67.9 Å². The highest BCUT2D eigenvalue weighted by Gasteiger charge is 2.49. The highest BCUT2D eigenvalue weighted by Crippen LogP contribution is 2.51. The summed E-state index contributed by atoms with van der Waals surface area (Å²) in [5, 5.41) is 43.8. The molecule has 6 N–H and O–H groups in total. The zero-order chi connectivity index (χ0) is 26.1. The van der Waals surface area contributed by atoms with Gasteiger partial charge in [-0.25, -0.2) is 0 Å². The van der Waals surface area contributed by atoms with E-state index in [2.05, 4.69) is 0 Å². The number of aromatic hydroxyl groups is 2. The first kappa shape index (κ1) is 24.5. The summed E-state index contributed by atoms with van der Waals surface area (Å²) in [5.41, 5.74) is 3.38. The molecule has 0 radical (unpaired) electrons. The van der Waals surface area contributed by atoms with Crippen LogP contribution < -0.4 is 5.73 Å². The van der Waals surface area contributed by atoms with Gasteiger partial charge in [0.25, 0.3) is 0 Å². The predicted octanol–water partition coefficient (Wildman–Crippen LogP) is 1.02. The summed E-state index contributed by atoms with van der Waals surface area (Å²) in [5.74, 6) is -3.06. The molecule has 2 aromatic carbocycles. The van der Waals surface area contributed by atoms with Gasteiger partial charge in [0.05, 0.1) is 29.4 Å². The molecule has 1 heterocycles. The highest BCUT2D eigenvalue weighted by atomic mass is 16.7. The van der Waals surface area contributed by atoms with Gasteiger partial charge in [-0.3, -0.25) is 14.4 Å². The Bertz CT molecular complexity index is 1290. The number of carbonyl (C=O) groups is 3. The van der Waals surface area contributed by atoms with Crippen molar-refractivity contribution in [3.05, 3.63) is 57.6 Å². The van der Waals surface area contributed by atoms with E-state index in [0.717, 1.165) is 0 Å². The maximum Gasteiger partial charge on any atom is 0.198 e. The maximum absolute atomic E-state index is 13.3. The van der Waals surface area contributed by atoms with Crippen LogP contribution in [0, 0.1) is 0 Å². The van der Waals surface area contributed by atoms with Crippen LogP contribution in [0.25, 0.3) is 0 Å². The van der Waals surface area contributed by atoms with Crippen LogP contribution >= 0.6 is 0 Å². The van der Waals surface area contributed by atoms with Gasteiger partial charge < -0.3 is 35.6 Å². The molecule has 0 bridgehead atoms. The van der Waals surface area contributed by atoms with E-state index in [1.54, 1.807) is 19.1 Å². The molecule has 0 amide bonds. The van der Waals surface area contributed by atoms with Crippen LogP contribution in [-0.2, 0) is 20.7 Å². The van der Waals surface area contributed by atoms with Crippen LogP contribution in [0.4, 0.5) is 0 Å². The molecule has 1 aliphatic heterocycles. The first-order valence-electron chi connectivity index (χ1n) is 11.7. The van der Waals surface area contributed by atoms with Crippen molar-refractivity contribution in [2.24, 2.45) is 5.73 Å². The Balaban J connectivity index is 1.66. The number of ketones is 3. The third kappa shape index (κ3) is 3.56. The molecule has 36 heavy (non-hydrogen) atoms. The molecule has 6 atom stereocenters. The lowest BCUT2D eigenvalue weighted by molar-refractivity contribution is -0.247. The summed E-state index contributed by atoms with van der Waals surface area (Å²) in [6, 6.07) is 5.40. The van der Waals surface area contributed by atoms with Gasteiger partial charge >= 0.3 is 0 Å². The third-order valence-corrected chi connectivity index (χ3v) is 7.50. The quantitative estimate of drug-likeness (QED) is 0.328. The number of aliphatic hydroxyl groups excluding tert-OH is 1. The Morgan fingerprint density at radius 2 is 1.69 bits per heavy atom. The molecular formula is C26H27NO9. The molecule has 190 valence electrons. The number of ether oxygens (including phenoxy) is 2. The Labute approximate surface area is 206 Å². The Hall–Kier alpha value is -3.15. The minimum atomic E-state index is -1.97. The summed E-state index contributed by atoms with van der Waals surface area (Å²) < 4.78 is 11.8. The predicted molar refractivity (Wildman–Crippen MR) is 124 cm³/mol. The fraction of sp³-hybridized carbons (Fsp3) is 0.423. The second kappa shape index (κ2) is 8.46. The van der Waals surface area contributed by atoms with Gasteiger partial charge in [0.15, 0.2) is 23.6 Å². The lowest BCUT2D eigenvalue weighted by Crippen LogP contribution is -2.52. The zero-order valence-corrected chi connectivity index (χ0v) is 19.7. The van der Waals surface area contributed by atoms with Crippen LogP contribution in [0.1, 0.15) is 75.8 Å². The van der Waals surface area contributed by atoms with E-state index in [4.69, 9.17) is 15.2 Å². The number of Topliss-reactive ketones (excluding diaryl/α,β-unsaturated/α-hetero) is 1. The molecule has 10 nitrogen and oxygen atoms in total. The fourth-order valence-electron chi connectivity index (χ4n) is 5.42. The number of aliphatic hydroxyl groups is 2. The summed E-state index contributed by atoms with van der Waals surface area (Å²) in [6.07, 6.45) is -4.38. The van der Waals surface area contributed by atoms with Gasteiger partial charge in [-0.1, -0.05) is 24.3 Å². The van der Waals surface area contributed by atoms with E-state index in [0.29, 0.717) is 0 Å². The topological polar surface area (TPSA) is 177 Å². The third-order valence-electron chi connectivity index (χ3n) is 7.50. The minimum Gasteiger partial charge on any atom is -0.507 e.